The van der Waals surface area contributed by atoms with Crippen LogP contribution in [-0.4, -0.2) is 56.6 Å². The second-order valence-electron chi connectivity index (χ2n) is 10.1. The van der Waals surface area contributed by atoms with Gasteiger partial charge in [-0.25, -0.2) is 8.42 Å². The highest BCUT2D eigenvalue weighted by Crippen LogP contribution is 2.33. The van der Waals surface area contributed by atoms with Crippen molar-refractivity contribution < 1.29 is 22.7 Å². The lowest BCUT2D eigenvalue weighted by Gasteiger charge is -2.33. The molecule has 0 heterocycles. The van der Waals surface area contributed by atoms with Gasteiger partial charge in [0.2, 0.25) is 11.8 Å². The van der Waals surface area contributed by atoms with Gasteiger partial charge >= 0.3 is 0 Å². The third kappa shape index (κ3) is 8.29. The summed E-state index contributed by atoms with van der Waals surface area (Å²) in [5.41, 5.74) is 2.14. The van der Waals surface area contributed by atoms with Crippen molar-refractivity contribution in [3.8, 4) is 5.75 Å². The van der Waals surface area contributed by atoms with Gasteiger partial charge in [0, 0.05) is 17.5 Å². The molecule has 0 spiro atoms. The number of sulfonamides is 1. The Morgan fingerprint density at radius 1 is 0.952 bits per heavy atom. The lowest BCUT2D eigenvalue weighted by Crippen LogP contribution is -2.52. The summed E-state index contributed by atoms with van der Waals surface area (Å²) >= 11 is 1.50. The molecule has 0 saturated carbocycles. The smallest absolute Gasteiger partial charge is 0.264 e. The highest BCUT2D eigenvalue weighted by atomic mass is 32.2. The molecule has 3 rings (SSSR count). The molecule has 226 valence electrons. The fraction of sp³-hybridized carbons (Fsp3) is 0.375. The standard InChI is InChI=1S/C32H41N3O5S2/c1-7-24(4)33-32(37)25(5)34(21-26-15-13-23(3)14-16-26)31(36)22-35(29-11-9-10-12-30(29)40-8-2)42(38,39)28-19-17-27(41-6)18-20-28/h9-20,24-25H,7-8,21-22H2,1-6H3,(H,33,37)/t24-,25+/m0/s1. The van der Waals surface area contributed by atoms with E-state index in [2.05, 4.69) is 5.32 Å². The molecule has 0 bridgehead atoms. The number of thioether (sulfide) groups is 1. The molecule has 0 aliphatic heterocycles. The van der Waals surface area contributed by atoms with Crippen LogP contribution in [-0.2, 0) is 26.2 Å². The molecule has 0 radical (unpaired) electrons. The maximum absolute atomic E-state index is 14.1. The first-order valence-corrected chi connectivity index (χ1v) is 16.7. The van der Waals surface area contributed by atoms with E-state index < -0.39 is 28.5 Å². The third-order valence-electron chi connectivity index (χ3n) is 7.00. The molecule has 0 saturated heterocycles. The number of carbonyl (C=O) groups excluding carboxylic acids is 2. The van der Waals surface area contributed by atoms with Crippen molar-refractivity contribution in [2.75, 3.05) is 23.7 Å². The maximum atomic E-state index is 14.1. The average molecular weight is 612 g/mol. The minimum absolute atomic E-state index is 0.0482. The second-order valence-corrected chi connectivity index (χ2v) is 12.8. The van der Waals surface area contributed by atoms with Gasteiger partial charge in [-0.3, -0.25) is 13.9 Å². The number of carbonyl (C=O) groups is 2. The number of benzene rings is 3. The van der Waals surface area contributed by atoms with Crippen LogP contribution >= 0.6 is 11.8 Å². The Hall–Kier alpha value is -3.50. The Kier molecular flexibility index (Phi) is 11.9. The SMILES string of the molecule is CCOc1ccccc1N(CC(=O)N(Cc1ccc(C)cc1)[C@H](C)C(=O)N[C@@H](C)CC)S(=O)(=O)c1ccc(SC)cc1. The van der Waals surface area contributed by atoms with Crippen LogP contribution in [0.25, 0.3) is 0 Å². The van der Waals surface area contributed by atoms with E-state index in [1.807, 2.05) is 58.2 Å². The molecule has 0 unspecified atom stereocenters. The predicted molar refractivity (Wildman–Crippen MR) is 169 cm³/mol. The van der Waals surface area contributed by atoms with Crippen molar-refractivity contribution in [3.63, 3.8) is 0 Å². The van der Waals surface area contributed by atoms with Gasteiger partial charge in [-0.1, -0.05) is 48.9 Å². The summed E-state index contributed by atoms with van der Waals surface area (Å²) in [6.45, 7) is 9.24. The van der Waals surface area contributed by atoms with Crippen molar-refractivity contribution in [1.82, 2.24) is 10.2 Å². The van der Waals surface area contributed by atoms with Crippen molar-refractivity contribution in [1.29, 1.82) is 0 Å². The molecule has 2 atom stereocenters. The van der Waals surface area contributed by atoms with E-state index in [9.17, 15) is 18.0 Å². The number of hydrogen-bond donors (Lipinski definition) is 1. The van der Waals surface area contributed by atoms with E-state index in [1.165, 1.54) is 28.8 Å². The van der Waals surface area contributed by atoms with Crippen molar-refractivity contribution >= 4 is 39.3 Å². The first-order chi connectivity index (χ1) is 20.0. The van der Waals surface area contributed by atoms with Crippen LogP contribution in [0, 0.1) is 6.92 Å². The van der Waals surface area contributed by atoms with Crippen LogP contribution in [0.3, 0.4) is 0 Å². The van der Waals surface area contributed by atoms with Crippen LogP contribution in [0.2, 0.25) is 0 Å². The minimum atomic E-state index is -4.20. The van der Waals surface area contributed by atoms with Gasteiger partial charge in [-0.2, -0.15) is 0 Å². The Bertz CT molecular complexity index is 1440. The van der Waals surface area contributed by atoms with Crippen LogP contribution in [0.4, 0.5) is 5.69 Å². The lowest BCUT2D eigenvalue weighted by atomic mass is 10.1. The summed E-state index contributed by atoms with van der Waals surface area (Å²) in [4.78, 5) is 29.8. The van der Waals surface area contributed by atoms with Crippen LogP contribution in [0.15, 0.2) is 82.6 Å². The summed E-state index contributed by atoms with van der Waals surface area (Å²) in [7, 11) is -4.20. The number of aryl methyl sites for hydroxylation is 1. The average Bonchev–Trinajstić information content (AvgIpc) is 2.99. The summed E-state index contributed by atoms with van der Waals surface area (Å²) < 4.78 is 35.1. The molecule has 0 aliphatic rings. The number of rotatable bonds is 14. The van der Waals surface area contributed by atoms with Crippen molar-refractivity contribution in [2.24, 2.45) is 0 Å². The number of amides is 2. The van der Waals surface area contributed by atoms with Crippen LogP contribution in [0.1, 0.15) is 45.2 Å². The summed E-state index contributed by atoms with van der Waals surface area (Å²) in [5, 5.41) is 2.95. The largest absolute Gasteiger partial charge is 0.492 e. The summed E-state index contributed by atoms with van der Waals surface area (Å²) in [5.74, 6) is -0.482. The zero-order valence-corrected chi connectivity index (χ0v) is 26.8. The summed E-state index contributed by atoms with van der Waals surface area (Å²) in [6, 6.07) is 20.1. The van der Waals surface area contributed by atoms with E-state index in [0.29, 0.717) is 12.4 Å². The first-order valence-electron chi connectivity index (χ1n) is 14.1. The van der Waals surface area contributed by atoms with Crippen LogP contribution in [0.5, 0.6) is 5.75 Å². The van der Waals surface area contributed by atoms with Gasteiger partial charge in [-0.05, 0) is 82.3 Å². The molecule has 0 fully saturated rings. The van der Waals surface area contributed by atoms with Crippen molar-refractivity contribution in [3.05, 3.63) is 83.9 Å². The Morgan fingerprint density at radius 3 is 2.19 bits per heavy atom. The molecule has 3 aromatic carbocycles. The maximum Gasteiger partial charge on any atom is 0.264 e. The van der Waals surface area contributed by atoms with E-state index in [1.54, 1.807) is 43.3 Å². The molecular formula is C32H41N3O5S2. The highest BCUT2D eigenvalue weighted by Gasteiger charge is 2.34. The topological polar surface area (TPSA) is 96.0 Å². The van der Waals surface area contributed by atoms with E-state index in [0.717, 1.165) is 26.7 Å². The molecule has 0 aliphatic carbocycles. The monoisotopic (exact) mass is 611 g/mol. The number of anilines is 1. The molecule has 0 aromatic heterocycles. The van der Waals surface area contributed by atoms with Gasteiger partial charge in [0.05, 0.1) is 17.2 Å². The molecule has 2 amide bonds. The van der Waals surface area contributed by atoms with Gasteiger partial charge in [0.1, 0.15) is 18.3 Å². The molecule has 3 aromatic rings. The Labute approximate surface area is 254 Å². The highest BCUT2D eigenvalue weighted by molar-refractivity contribution is 7.98. The fourth-order valence-corrected chi connectivity index (χ4v) is 6.10. The molecule has 1 N–H and O–H groups in total. The number of nitrogens with zero attached hydrogens (tertiary/aromatic N) is 2. The second kappa shape index (κ2) is 15.1. The van der Waals surface area contributed by atoms with Crippen molar-refractivity contribution in [2.45, 2.75) is 69.5 Å². The van der Waals surface area contributed by atoms with Gasteiger partial charge in [0.25, 0.3) is 10.0 Å². The Balaban J connectivity index is 2.07. The molecule has 42 heavy (non-hydrogen) atoms. The van der Waals surface area contributed by atoms with Gasteiger partial charge in [0.15, 0.2) is 0 Å². The number of ether oxygens (including phenoxy) is 1. The normalized spacial score (nSPS) is 12.7. The predicted octanol–water partition coefficient (Wildman–Crippen LogP) is 5.64. The molecular weight excluding hydrogens is 571 g/mol. The lowest BCUT2D eigenvalue weighted by molar-refractivity contribution is -0.139. The number of nitrogens with one attached hydrogen (secondary N) is 1. The van der Waals surface area contributed by atoms with E-state index in [-0.39, 0.29) is 29.1 Å². The first kappa shape index (κ1) is 33.0. The minimum Gasteiger partial charge on any atom is -0.492 e. The zero-order valence-electron chi connectivity index (χ0n) is 25.2. The quantitative estimate of drug-likeness (QED) is 0.237. The molecule has 10 heteroatoms. The van der Waals surface area contributed by atoms with E-state index >= 15 is 0 Å². The summed E-state index contributed by atoms with van der Waals surface area (Å²) in [6.07, 6.45) is 2.65. The zero-order chi connectivity index (χ0) is 30.9. The third-order valence-corrected chi connectivity index (χ3v) is 9.52. The fourth-order valence-electron chi connectivity index (χ4n) is 4.27. The number of para-hydroxylation sites is 2. The Morgan fingerprint density at radius 2 is 1.60 bits per heavy atom. The van der Waals surface area contributed by atoms with Gasteiger partial charge < -0.3 is 15.0 Å². The van der Waals surface area contributed by atoms with Crippen LogP contribution < -0.4 is 14.4 Å². The number of hydrogen-bond acceptors (Lipinski definition) is 6. The molecule has 8 nitrogen and oxygen atoms in total. The van der Waals surface area contributed by atoms with E-state index in [4.69, 9.17) is 4.74 Å². The van der Waals surface area contributed by atoms with Gasteiger partial charge in [-0.15, -0.1) is 11.8 Å².